The number of aliphatic carboxylic acids is 1. The quantitative estimate of drug-likeness (QED) is 0.840. The second-order valence-electron chi connectivity index (χ2n) is 7.38. The lowest BCUT2D eigenvalue weighted by atomic mass is 9.86. The highest BCUT2D eigenvalue weighted by Gasteiger charge is 2.58. The van der Waals surface area contributed by atoms with Crippen molar-refractivity contribution in [1.82, 2.24) is 5.32 Å². The van der Waals surface area contributed by atoms with Gasteiger partial charge in [-0.15, -0.1) is 0 Å². The van der Waals surface area contributed by atoms with Gasteiger partial charge in [0.2, 0.25) is 5.91 Å². The first-order valence-corrected chi connectivity index (χ1v) is 8.66. The van der Waals surface area contributed by atoms with Crippen LogP contribution in [0, 0.1) is 17.3 Å². The fourth-order valence-corrected chi connectivity index (χ4v) is 4.59. The first kappa shape index (κ1) is 14.9. The van der Waals surface area contributed by atoms with Crippen molar-refractivity contribution < 1.29 is 14.7 Å². The second-order valence-corrected chi connectivity index (χ2v) is 7.38. The lowest BCUT2D eigenvalue weighted by molar-refractivity contribution is -0.143. The van der Waals surface area contributed by atoms with E-state index in [1.54, 1.807) is 0 Å². The Labute approximate surface area is 126 Å². The van der Waals surface area contributed by atoms with Crippen molar-refractivity contribution >= 4 is 11.9 Å². The highest BCUT2D eigenvalue weighted by atomic mass is 16.4. The Kier molecular flexibility index (Phi) is 4.23. The number of amides is 1. The summed E-state index contributed by atoms with van der Waals surface area (Å²) in [5, 5.41) is 12.6. The molecule has 0 aromatic heterocycles. The predicted octanol–water partition coefficient (Wildman–Crippen LogP) is 3.11. The Morgan fingerprint density at radius 2 is 1.62 bits per heavy atom. The van der Waals surface area contributed by atoms with E-state index < -0.39 is 11.9 Å². The summed E-state index contributed by atoms with van der Waals surface area (Å²) >= 11 is 0. The Bertz CT molecular complexity index is 414. The maximum atomic E-state index is 12.5. The van der Waals surface area contributed by atoms with Gasteiger partial charge >= 0.3 is 5.97 Å². The van der Waals surface area contributed by atoms with Crippen LogP contribution in [-0.2, 0) is 9.59 Å². The van der Waals surface area contributed by atoms with Crippen molar-refractivity contribution in [2.45, 2.75) is 76.7 Å². The molecule has 0 bridgehead atoms. The molecule has 0 radical (unpaired) electrons. The van der Waals surface area contributed by atoms with Crippen molar-refractivity contribution in [3.8, 4) is 0 Å². The Hall–Kier alpha value is -1.06. The van der Waals surface area contributed by atoms with Crippen molar-refractivity contribution in [3.63, 3.8) is 0 Å². The summed E-state index contributed by atoms with van der Waals surface area (Å²) in [6.07, 6.45) is 11.7. The van der Waals surface area contributed by atoms with Crippen LogP contribution in [0.2, 0.25) is 0 Å². The van der Waals surface area contributed by atoms with Gasteiger partial charge < -0.3 is 10.4 Å². The van der Waals surface area contributed by atoms with Crippen LogP contribution in [0.25, 0.3) is 0 Å². The van der Waals surface area contributed by atoms with E-state index in [2.05, 4.69) is 5.32 Å². The van der Waals surface area contributed by atoms with E-state index in [0.29, 0.717) is 11.8 Å². The van der Waals surface area contributed by atoms with E-state index in [-0.39, 0.29) is 17.9 Å². The van der Waals surface area contributed by atoms with Crippen LogP contribution in [-0.4, -0.2) is 23.0 Å². The Morgan fingerprint density at radius 1 is 0.952 bits per heavy atom. The van der Waals surface area contributed by atoms with Crippen molar-refractivity contribution in [2.75, 3.05) is 0 Å². The molecule has 3 rings (SSSR count). The highest BCUT2D eigenvalue weighted by Crippen LogP contribution is 2.62. The zero-order valence-electron chi connectivity index (χ0n) is 12.8. The van der Waals surface area contributed by atoms with Gasteiger partial charge in [0.15, 0.2) is 0 Å². The molecule has 3 aliphatic carbocycles. The van der Waals surface area contributed by atoms with Crippen LogP contribution in [0.3, 0.4) is 0 Å². The summed E-state index contributed by atoms with van der Waals surface area (Å²) in [5.41, 5.74) is 0.296. The molecule has 118 valence electrons. The van der Waals surface area contributed by atoms with E-state index in [1.165, 1.54) is 25.7 Å². The number of carbonyl (C=O) groups excluding carboxylic acids is 1. The van der Waals surface area contributed by atoms with Gasteiger partial charge in [-0.2, -0.15) is 0 Å². The van der Waals surface area contributed by atoms with Crippen LogP contribution < -0.4 is 5.32 Å². The topological polar surface area (TPSA) is 66.4 Å². The fraction of sp³-hybridized carbons (Fsp3) is 0.882. The van der Waals surface area contributed by atoms with Crippen molar-refractivity contribution in [3.05, 3.63) is 0 Å². The minimum absolute atomic E-state index is 0.133. The maximum absolute atomic E-state index is 12.5. The second kappa shape index (κ2) is 5.98. The van der Waals surface area contributed by atoms with E-state index >= 15 is 0 Å². The third-order valence-corrected chi connectivity index (χ3v) is 6.02. The van der Waals surface area contributed by atoms with Gasteiger partial charge in [0, 0.05) is 12.0 Å². The third-order valence-electron chi connectivity index (χ3n) is 6.02. The van der Waals surface area contributed by atoms with Crippen LogP contribution in [0.4, 0.5) is 0 Å². The molecular formula is C17H27NO3. The molecule has 1 amide bonds. The molecule has 1 spiro atoms. The lowest BCUT2D eigenvalue weighted by Gasteiger charge is -2.27. The largest absolute Gasteiger partial charge is 0.481 e. The van der Waals surface area contributed by atoms with Gasteiger partial charge in [0.1, 0.15) is 0 Å². The van der Waals surface area contributed by atoms with Gasteiger partial charge in [-0.25, -0.2) is 0 Å². The van der Waals surface area contributed by atoms with E-state index in [4.69, 9.17) is 0 Å². The number of carbonyl (C=O) groups is 2. The fourth-order valence-electron chi connectivity index (χ4n) is 4.59. The molecule has 21 heavy (non-hydrogen) atoms. The minimum Gasteiger partial charge on any atom is -0.481 e. The number of rotatable bonds is 3. The monoisotopic (exact) mass is 293 g/mol. The summed E-state index contributed by atoms with van der Waals surface area (Å²) in [4.78, 5) is 24.0. The molecule has 3 saturated carbocycles. The third kappa shape index (κ3) is 3.09. The summed E-state index contributed by atoms with van der Waals surface area (Å²) < 4.78 is 0. The maximum Gasteiger partial charge on any atom is 0.308 e. The molecule has 3 unspecified atom stereocenters. The Morgan fingerprint density at radius 3 is 2.29 bits per heavy atom. The number of carboxylic acids is 1. The molecular weight excluding hydrogens is 266 g/mol. The summed E-state index contributed by atoms with van der Waals surface area (Å²) in [7, 11) is 0. The molecule has 0 aromatic carbocycles. The number of nitrogens with one attached hydrogen (secondary N) is 1. The molecule has 0 aliphatic heterocycles. The molecule has 0 aromatic rings. The van der Waals surface area contributed by atoms with E-state index in [0.717, 1.165) is 38.5 Å². The molecule has 4 heteroatoms. The summed E-state index contributed by atoms with van der Waals surface area (Å²) in [6, 6.07) is -0.158. The van der Waals surface area contributed by atoms with Crippen LogP contribution in [0.5, 0.6) is 0 Å². The average molecular weight is 293 g/mol. The zero-order valence-corrected chi connectivity index (χ0v) is 12.8. The van der Waals surface area contributed by atoms with Crippen molar-refractivity contribution in [1.29, 1.82) is 0 Å². The molecule has 4 nitrogen and oxygen atoms in total. The first-order chi connectivity index (χ1) is 10.1. The van der Waals surface area contributed by atoms with Crippen molar-refractivity contribution in [2.24, 2.45) is 17.3 Å². The zero-order chi connectivity index (χ0) is 14.9. The van der Waals surface area contributed by atoms with Gasteiger partial charge in [0.05, 0.1) is 5.92 Å². The molecule has 0 heterocycles. The Balaban J connectivity index is 1.60. The molecule has 3 aliphatic rings. The summed E-state index contributed by atoms with van der Waals surface area (Å²) in [6.45, 7) is 0. The van der Waals surface area contributed by atoms with Gasteiger partial charge in [-0.1, -0.05) is 38.5 Å². The smallest absolute Gasteiger partial charge is 0.308 e. The average Bonchev–Trinajstić information content (AvgIpc) is 2.90. The minimum atomic E-state index is -0.742. The highest BCUT2D eigenvalue weighted by molar-refractivity contribution is 5.83. The lowest BCUT2D eigenvalue weighted by Crippen LogP contribution is -2.45. The van der Waals surface area contributed by atoms with Crippen LogP contribution in [0.1, 0.15) is 70.6 Å². The number of carboxylic acid groups (broad SMARTS) is 1. The van der Waals surface area contributed by atoms with Crippen LogP contribution in [0.15, 0.2) is 0 Å². The van der Waals surface area contributed by atoms with Crippen LogP contribution >= 0.6 is 0 Å². The number of hydrogen-bond donors (Lipinski definition) is 2. The van der Waals surface area contributed by atoms with Gasteiger partial charge in [-0.3, -0.25) is 9.59 Å². The molecule has 3 fully saturated rings. The van der Waals surface area contributed by atoms with E-state index in [9.17, 15) is 14.7 Å². The molecule has 3 atom stereocenters. The SMILES string of the molecule is O=C(O)C1CCCCCCC1NC(=O)C1CC12CCCC2. The first-order valence-electron chi connectivity index (χ1n) is 8.66. The normalized spacial score (nSPS) is 35.0. The summed E-state index contributed by atoms with van der Waals surface area (Å²) in [5.74, 6) is -0.838. The molecule has 2 N–H and O–H groups in total. The standard InChI is InChI=1S/C17H27NO3/c19-15(13-11-17(13)9-5-6-10-17)18-14-8-4-2-1-3-7-12(14)16(20)21/h12-14H,1-11H2,(H,18,19)(H,20,21). The van der Waals surface area contributed by atoms with Gasteiger partial charge in [-0.05, 0) is 37.5 Å². The van der Waals surface area contributed by atoms with Gasteiger partial charge in [0.25, 0.3) is 0 Å². The molecule has 0 saturated heterocycles. The predicted molar refractivity (Wildman–Crippen MR) is 79.8 cm³/mol. The number of hydrogen-bond acceptors (Lipinski definition) is 2. The van der Waals surface area contributed by atoms with E-state index in [1.807, 2.05) is 0 Å².